The standard InChI is InChI=1S/C15H20O2/c1-7-10-6-11(15(7,2)14(16)17)13-9-4-3-8(5-9)12(10)13/h3-4,7-13H,5-6H2,1-2H3,(H,16,17). The van der Waals surface area contributed by atoms with Gasteiger partial charge in [0.2, 0.25) is 0 Å². The van der Waals surface area contributed by atoms with E-state index in [2.05, 4.69) is 19.1 Å². The van der Waals surface area contributed by atoms with E-state index < -0.39 is 11.4 Å². The van der Waals surface area contributed by atoms with Crippen LogP contribution in [-0.4, -0.2) is 11.1 Å². The maximum Gasteiger partial charge on any atom is 0.309 e. The lowest BCUT2D eigenvalue weighted by Gasteiger charge is -2.45. The molecule has 3 fully saturated rings. The predicted molar refractivity (Wildman–Crippen MR) is 64.2 cm³/mol. The lowest BCUT2D eigenvalue weighted by Crippen LogP contribution is -2.47. The molecular weight excluding hydrogens is 212 g/mol. The quantitative estimate of drug-likeness (QED) is 0.557. The first-order valence-corrected chi connectivity index (χ1v) is 6.97. The third-order valence-electron chi connectivity index (χ3n) is 6.89. The molecule has 0 saturated heterocycles. The Labute approximate surface area is 102 Å². The molecule has 4 aliphatic carbocycles. The Balaban J connectivity index is 1.80. The number of carboxylic acid groups (broad SMARTS) is 1. The Bertz CT molecular complexity index is 427. The van der Waals surface area contributed by atoms with Gasteiger partial charge in [0.05, 0.1) is 5.41 Å². The molecule has 0 aromatic heterocycles. The van der Waals surface area contributed by atoms with Crippen LogP contribution in [0.25, 0.3) is 0 Å². The van der Waals surface area contributed by atoms with Crippen LogP contribution in [0.5, 0.6) is 0 Å². The number of carbonyl (C=O) groups is 1. The van der Waals surface area contributed by atoms with Crippen molar-refractivity contribution in [1.82, 2.24) is 0 Å². The molecule has 0 aromatic carbocycles. The summed E-state index contributed by atoms with van der Waals surface area (Å²) in [5, 5.41) is 9.64. The topological polar surface area (TPSA) is 37.3 Å². The van der Waals surface area contributed by atoms with E-state index in [-0.39, 0.29) is 0 Å². The number of hydrogen-bond acceptors (Lipinski definition) is 1. The summed E-state index contributed by atoms with van der Waals surface area (Å²) in [6.45, 7) is 4.20. The van der Waals surface area contributed by atoms with E-state index in [1.807, 2.05) is 6.92 Å². The molecule has 0 amide bonds. The van der Waals surface area contributed by atoms with E-state index in [9.17, 15) is 9.90 Å². The number of carboxylic acids is 1. The summed E-state index contributed by atoms with van der Waals surface area (Å²) in [5.74, 6) is 3.90. The third-order valence-corrected chi connectivity index (χ3v) is 6.89. The first kappa shape index (κ1) is 10.2. The van der Waals surface area contributed by atoms with Crippen molar-refractivity contribution in [3.05, 3.63) is 12.2 Å². The largest absolute Gasteiger partial charge is 0.481 e. The fourth-order valence-corrected chi connectivity index (χ4v) is 5.99. The van der Waals surface area contributed by atoms with Crippen molar-refractivity contribution in [2.24, 2.45) is 46.8 Å². The summed E-state index contributed by atoms with van der Waals surface area (Å²) < 4.78 is 0. The van der Waals surface area contributed by atoms with Gasteiger partial charge < -0.3 is 5.11 Å². The van der Waals surface area contributed by atoms with Crippen molar-refractivity contribution in [3.8, 4) is 0 Å². The van der Waals surface area contributed by atoms with Crippen molar-refractivity contribution in [2.45, 2.75) is 26.7 Å². The molecular formula is C15H20O2. The van der Waals surface area contributed by atoms with Gasteiger partial charge in [0.15, 0.2) is 0 Å². The number of allylic oxidation sites excluding steroid dienone is 2. The van der Waals surface area contributed by atoms with Crippen molar-refractivity contribution >= 4 is 5.97 Å². The zero-order valence-corrected chi connectivity index (χ0v) is 10.5. The zero-order valence-electron chi connectivity index (χ0n) is 10.5. The van der Waals surface area contributed by atoms with Gasteiger partial charge in [-0.15, -0.1) is 0 Å². The highest BCUT2D eigenvalue weighted by Gasteiger charge is 2.69. The van der Waals surface area contributed by atoms with E-state index in [4.69, 9.17) is 0 Å². The summed E-state index contributed by atoms with van der Waals surface area (Å²) in [5.41, 5.74) is -0.454. The highest BCUT2D eigenvalue weighted by molar-refractivity contribution is 5.76. The van der Waals surface area contributed by atoms with Crippen molar-refractivity contribution in [2.75, 3.05) is 0 Å². The SMILES string of the molecule is CC1C2CC(C3C4C=CC(C4)C23)C1(C)C(=O)O. The highest BCUT2D eigenvalue weighted by Crippen LogP contribution is 2.72. The summed E-state index contributed by atoms with van der Waals surface area (Å²) >= 11 is 0. The van der Waals surface area contributed by atoms with Gasteiger partial charge >= 0.3 is 5.97 Å². The molecule has 2 heteroatoms. The Morgan fingerprint density at radius 2 is 1.88 bits per heavy atom. The van der Waals surface area contributed by atoms with Crippen LogP contribution >= 0.6 is 0 Å². The number of hydrogen-bond donors (Lipinski definition) is 1. The molecule has 4 aliphatic rings. The minimum absolute atomic E-state index is 0.360. The van der Waals surface area contributed by atoms with E-state index >= 15 is 0 Å². The highest BCUT2D eigenvalue weighted by atomic mass is 16.4. The molecule has 3 saturated carbocycles. The van der Waals surface area contributed by atoms with E-state index in [1.165, 1.54) is 12.8 Å². The second-order valence-corrected chi connectivity index (χ2v) is 6.99. The average molecular weight is 232 g/mol. The normalized spacial score (nSPS) is 62.1. The molecule has 4 bridgehead atoms. The van der Waals surface area contributed by atoms with Crippen LogP contribution in [0.1, 0.15) is 26.7 Å². The van der Waals surface area contributed by atoms with Gasteiger partial charge in [0, 0.05) is 0 Å². The van der Waals surface area contributed by atoms with Gasteiger partial charge in [-0.3, -0.25) is 4.79 Å². The van der Waals surface area contributed by atoms with Crippen LogP contribution in [0.3, 0.4) is 0 Å². The molecule has 8 atom stereocenters. The van der Waals surface area contributed by atoms with Gasteiger partial charge in [-0.2, -0.15) is 0 Å². The van der Waals surface area contributed by atoms with Crippen LogP contribution in [0.4, 0.5) is 0 Å². The fourth-order valence-electron chi connectivity index (χ4n) is 5.99. The van der Waals surface area contributed by atoms with Gasteiger partial charge in [0.25, 0.3) is 0 Å². The maximum atomic E-state index is 11.7. The minimum atomic E-state index is -0.553. The van der Waals surface area contributed by atoms with Crippen LogP contribution in [0.15, 0.2) is 12.2 Å². The molecule has 4 rings (SSSR count). The minimum Gasteiger partial charge on any atom is -0.481 e. The molecule has 0 aliphatic heterocycles. The number of aliphatic carboxylic acids is 1. The second kappa shape index (κ2) is 2.78. The summed E-state index contributed by atoms with van der Waals surface area (Å²) in [6, 6.07) is 0. The van der Waals surface area contributed by atoms with Crippen LogP contribution in [0, 0.1) is 46.8 Å². The van der Waals surface area contributed by atoms with Crippen molar-refractivity contribution < 1.29 is 9.90 Å². The molecule has 1 N–H and O–H groups in total. The average Bonchev–Trinajstić information content (AvgIpc) is 2.99. The van der Waals surface area contributed by atoms with E-state index in [0.29, 0.717) is 29.6 Å². The Morgan fingerprint density at radius 3 is 2.53 bits per heavy atom. The molecule has 2 nitrogen and oxygen atoms in total. The maximum absolute atomic E-state index is 11.7. The first-order chi connectivity index (χ1) is 8.05. The summed E-state index contributed by atoms with van der Waals surface area (Å²) in [6.07, 6.45) is 7.27. The predicted octanol–water partition coefficient (Wildman–Crippen LogP) is 2.80. The van der Waals surface area contributed by atoms with Gasteiger partial charge in [0.1, 0.15) is 0 Å². The zero-order chi connectivity index (χ0) is 11.9. The number of fused-ring (bicyclic) bond motifs is 9. The number of rotatable bonds is 1. The van der Waals surface area contributed by atoms with Crippen LogP contribution in [0.2, 0.25) is 0 Å². The second-order valence-electron chi connectivity index (χ2n) is 6.99. The molecule has 0 aromatic rings. The van der Waals surface area contributed by atoms with Crippen LogP contribution in [-0.2, 0) is 4.79 Å². The van der Waals surface area contributed by atoms with Crippen LogP contribution < -0.4 is 0 Å². The Kier molecular flexibility index (Phi) is 1.66. The van der Waals surface area contributed by atoms with E-state index in [0.717, 1.165) is 11.8 Å². The lowest BCUT2D eigenvalue weighted by molar-refractivity contribution is -0.158. The first-order valence-electron chi connectivity index (χ1n) is 6.97. The Morgan fingerprint density at radius 1 is 1.24 bits per heavy atom. The summed E-state index contributed by atoms with van der Waals surface area (Å²) in [4.78, 5) is 11.7. The van der Waals surface area contributed by atoms with Gasteiger partial charge in [-0.05, 0) is 61.2 Å². The third kappa shape index (κ3) is 0.903. The molecule has 0 spiro atoms. The van der Waals surface area contributed by atoms with Crippen molar-refractivity contribution in [3.63, 3.8) is 0 Å². The van der Waals surface area contributed by atoms with Gasteiger partial charge in [-0.1, -0.05) is 19.1 Å². The van der Waals surface area contributed by atoms with Crippen molar-refractivity contribution in [1.29, 1.82) is 0 Å². The summed E-state index contributed by atoms with van der Waals surface area (Å²) in [7, 11) is 0. The van der Waals surface area contributed by atoms with Gasteiger partial charge in [-0.25, -0.2) is 0 Å². The molecule has 92 valence electrons. The smallest absolute Gasteiger partial charge is 0.309 e. The molecule has 0 heterocycles. The fraction of sp³-hybridized carbons (Fsp3) is 0.800. The molecule has 0 radical (unpaired) electrons. The van der Waals surface area contributed by atoms with E-state index in [1.54, 1.807) is 0 Å². The molecule has 8 unspecified atom stereocenters. The molecule has 17 heavy (non-hydrogen) atoms. The lowest BCUT2D eigenvalue weighted by atomic mass is 9.58. The Hall–Kier alpha value is -0.790. The monoisotopic (exact) mass is 232 g/mol.